The van der Waals surface area contributed by atoms with Gasteiger partial charge in [-0.05, 0) is 70.8 Å². The molecule has 0 fully saturated rings. The first-order valence-corrected chi connectivity index (χ1v) is 15.6. The molecule has 0 saturated heterocycles. The number of carboxylic acids is 4. The van der Waals surface area contributed by atoms with E-state index in [9.17, 15) is 39.6 Å². The van der Waals surface area contributed by atoms with E-state index >= 15 is 0 Å². The lowest BCUT2D eigenvalue weighted by Gasteiger charge is -2.36. The second-order valence-corrected chi connectivity index (χ2v) is 11.7. The number of ether oxygens (including phenoxy) is 2. The summed E-state index contributed by atoms with van der Waals surface area (Å²) in [6.07, 6.45) is 0. The fraction of sp³-hybridized carbons (Fsp3) is 0.0244. The quantitative estimate of drug-likeness (QED) is 0.110. The van der Waals surface area contributed by atoms with Crippen LogP contribution in [0.1, 0.15) is 63.7 Å². The molecule has 0 saturated carbocycles. The Balaban J connectivity index is 1.48. The summed E-state index contributed by atoms with van der Waals surface area (Å²) >= 11 is 0. The molecule has 0 aliphatic heterocycles. The van der Waals surface area contributed by atoms with Crippen LogP contribution >= 0.6 is 0 Å². The van der Waals surface area contributed by atoms with Crippen LogP contribution < -0.4 is 9.47 Å². The summed E-state index contributed by atoms with van der Waals surface area (Å²) in [4.78, 5) is 47.5. The topological polar surface area (TPSA) is 168 Å². The van der Waals surface area contributed by atoms with Gasteiger partial charge in [-0.25, -0.2) is 19.2 Å². The molecule has 7 rings (SSSR count). The average Bonchev–Trinajstić information content (AvgIpc) is 3.42. The Morgan fingerprint density at radius 3 is 1.10 bits per heavy atom. The lowest BCUT2D eigenvalue weighted by molar-refractivity contribution is 0.0651. The zero-order valence-electron chi connectivity index (χ0n) is 26.4. The summed E-state index contributed by atoms with van der Waals surface area (Å²) in [5.74, 6) is -4.73. The molecule has 0 bridgehead atoms. The molecule has 0 aromatic heterocycles. The van der Waals surface area contributed by atoms with Gasteiger partial charge in [-0.2, -0.15) is 0 Å². The summed E-state index contributed by atoms with van der Waals surface area (Å²) < 4.78 is 12.9. The van der Waals surface area contributed by atoms with Gasteiger partial charge in [-0.1, -0.05) is 84.9 Å². The fourth-order valence-electron chi connectivity index (χ4n) is 6.85. The van der Waals surface area contributed by atoms with E-state index in [2.05, 4.69) is 0 Å². The second-order valence-electron chi connectivity index (χ2n) is 11.7. The van der Waals surface area contributed by atoms with Crippen LogP contribution in [0.5, 0.6) is 23.0 Å². The van der Waals surface area contributed by atoms with Gasteiger partial charge < -0.3 is 29.9 Å². The number of aromatic carboxylic acids is 4. The van der Waals surface area contributed by atoms with Crippen LogP contribution in [0.2, 0.25) is 0 Å². The van der Waals surface area contributed by atoms with E-state index in [4.69, 9.17) is 9.47 Å². The van der Waals surface area contributed by atoms with Crippen molar-refractivity contribution in [2.45, 2.75) is 5.41 Å². The van der Waals surface area contributed by atoms with E-state index < -0.39 is 40.4 Å². The summed E-state index contributed by atoms with van der Waals surface area (Å²) in [6.45, 7) is 0. The van der Waals surface area contributed by atoms with Crippen molar-refractivity contribution in [3.8, 4) is 34.1 Å². The van der Waals surface area contributed by atoms with E-state index in [0.29, 0.717) is 22.6 Å². The second kappa shape index (κ2) is 12.7. The number of hydrogen-bond donors (Lipinski definition) is 4. The van der Waals surface area contributed by atoms with E-state index in [-0.39, 0.29) is 22.6 Å². The third-order valence-electron chi connectivity index (χ3n) is 8.89. The maximum atomic E-state index is 12.0. The molecular formula is C41H26O10. The highest BCUT2D eigenvalue weighted by Gasteiger charge is 2.49. The number of carbonyl (C=O) groups is 4. The normalized spacial score (nSPS) is 12.3. The van der Waals surface area contributed by atoms with Gasteiger partial charge >= 0.3 is 23.9 Å². The SMILES string of the molecule is O=C(O)c1ccc(Oc2ccccc2C2(c3ccccc3Oc3ccc(C(=O)O)c(C(=O)O)c3)c3ccccc3-c3ccccc32)cc1C(=O)O. The maximum absolute atomic E-state index is 12.0. The molecular weight excluding hydrogens is 652 g/mol. The lowest BCUT2D eigenvalue weighted by atomic mass is 9.67. The van der Waals surface area contributed by atoms with E-state index in [1.165, 1.54) is 36.4 Å². The Kier molecular flexibility index (Phi) is 8.04. The molecule has 0 amide bonds. The molecule has 0 heterocycles. The van der Waals surface area contributed by atoms with Crippen molar-refractivity contribution in [2.24, 2.45) is 0 Å². The van der Waals surface area contributed by atoms with Crippen LogP contribution in [0.3, 0.4) is 0 Å². The van der Waals surface area contributed by atoms with Crippen molar-refractivity contribution in [1.29, 1.82) is 0 Å². The minimum Gasteiger partial charge on any atom is -0.478 e. The van der Waals surface area contributed by atoms with Gasteiger partial charge in [-0.3, -0.25) is 0 Å². The first-order chi connectivity index (χ1) is 24.6. The highest BCUT2D eigenvalue weighted by atomic mass is 16.5. The molecule has 1 aliphatic rings. The molecule has 0 unspecified atom stereocenters. The monoisotopic (exact) mass is 678 g/mol. The van der Waals surface area contributed by atoms with Gasteiger partial charge in [0.25, 0.3) is 0 Å². The van der Waals surface area contributed by atoms with Gasteiger partial charge in [0.05, 0.1) is 27.7 Å². The Morgan fingerprint density at radius 2 is 0.725 bits per heavy atom. The molecule has 250 valence electrons. The first-order valence-electron chi connectivity index (χ1n) is 15.6. The Hall–Kier alpha value is -7.20. The minimum atomic E-state index is -1.42. The standard InChI is InChI=1S/C41H26O10/c42-37(43)27-19-17-23(21-29(27)39(46)47)50-35-15-7-5-13-33(35)41(31-11-3-1-9-25(31)26-10-2-4-12-32(26)41)34-14-6-8-16-36(34)51-24-18-20-28(38(44)45)30(22-24)40(48)49/h1-22H,(H,42,43)(H,44,45)(H,46,47)(H,48,49). The van der Waals surface area contributed by atoms with E-state index in [1.807, 2.05) is 72.8 Å². The summed E-state index contributed by atoms with van der Waals surface area (Å²) in [5.41, 5.74) is 2.15. The van der Waals surface area contributed by atoms with Crippen LogP contribution in [0.25, 0.3) is 11.1 Å². The number of hydrogen-bond acceptors (Lipinski definition) is 6. The zero-order valence-corrected chi connectivity index (χ0v) is 26.4. The molecule has 0 radical (unpaired) electrons. The largest absolute Gasteiger partial charge is 0.478 e. The summed E-state index contributed by atoms with van der Waals surface area (Å²) in [6, 6.07) is 37.7. The lowest BCUT2D eigenvalue weighted by Crippen LogP contribution is -2.29. The van der Waals surface area contributed by atoms with Gasteiger partial charge in [0.1, 0.15) is 23.0 Å². The zero-order chi connectivity index (χ0) is 35.9. The highest BCUT2D eigenvalue weighted by Crippen LogP contribution is 2.59. The van der Waals surface area contributed by atoms with Crippen LogP contribution in [0, 0.1) is 0 Å². The molecule has 1 aliphatic carbocycles. The molecule has 10 nitrogen and oxygen atoms in total. The molecule has 0 spiro atoms. The van der Waals surface area contributed by atoms with Crippen LogP contribution in [0.15, 0.2) is 133 Å². The van der Waals surface area contributed by atoms with Crippen LogP contribution in [-0.2, 0) is 5.41 Å². The molecule has 51 heavy (non-hydrogen) atoms. The molecule has 6 aromatic rings. The van der Waals surface area contributed by atoms with Crippen molar-refractivity contribution < 1.29 is 49.1 Å². The molecule has 10 heteroatoms. The molecule has 6 aromatic carbocycles. The summed E-state index contributed by atoms with van der Waals surface area (Å²) in [5, 5.41) is 38.7. The van der Waals surface area contributed by atoms with Gasteiger partial charge in [0.15, 0.2) is 0 Å². The number of para-hydroxylation sites is 2. The Bertz CT molecular complexity index is 2240. The maximum Gasteiger partial charge on any atom is 0.336 e. The number of carboxylic acid groups (broad SMARTS) is 4. The van der Waals surface area contributed by atoms with E-state index in [1.54, 1.807) is 24.3 Å². The Labute approximate surface area is 290 Å². The van der Waals surface area contributed by atoms with Crippen molar-refractivity contribution >= 4 is 23.9 Å². The predicted octanol–water partition coefficient (Wildman–Crippen LogP) is 8.43. The summed E-state index contributed by atoms with van der Waals surface area (Å²) in [7, 11) is 0. The van der Waals surface area contributed by atoms with Gasteiger partial charge in [-0.15, -0.1) is 0 Å². The molecule has 4 N–H and O–H groups in total. The third-order valence-corrected chi connectivity index (χ3v) is 8.89. The first kappa shape index (κ1) is 32.4. The van der Waals surface area contributed by atoms with Gasteiger partial charge in [0.2, 0.25) is 0 Å². The molecule has 0 atom stereocenters. The minimum absolute atomic E-state index is 0.101. The highest BCUT2D eigenvalue weighted by molar-refractivity contribution is 6.03. The number of fused-ring (bicyclic) bond motifs is 3. The average molecular weight is 679 g/mol. The van der Waals surface area contributed by atoms with E-state index in [0.717, 1.165) is 22.3 Å². The fourth-order valence-corrected chi connectivity index (χ4v) is 6.85. The van der Waals surface area contributed by atoms with Crippen LogP contribution in [-0.4, -0.2) is 44.3 Å². The number of rotatable bonds is 10. The van der Waals surface area contributed by atoms with Crippen molar-refractivity contribution in [1.82, 2.24) is 0 Å². The predicted molar refractivity (Wildman–Crippen MR) is 185 cm³/mol. The smallest absolute Gasteiger partial charge is 0.336 e. The van der Waals surface area contributed by atoms with Crippen molar-refractivity contribution in [2.75, 3.05) is 0 Å². The number of benzene rings is 6. The van der Waals surface area contributed by atoms with Crippen molar-refractivity contribution in [3.05, 3.63) is 178 Å². The Morgan fingerprint density at radius 1 is 0.392 bits per heavy atom. The van der Waals surface area contributed by atoms with Gasteiger partial charge in [0, 0.05) is 11.1 Å². The van der Waals surface area contributed by atoms with Crippen molar-refractivity contribution in [3.63, 3.8) is 0 Å². The third kappa shape index (κ3) is 5.41. The van der Waals surface area contributed by atoms with Crippen LogP contribution in [0.4, 0.5) is 0 Å².